The molecule has 2 rings (SSSR count). The lowest BCUT2D eigenvalue weighted by atomic mass is 10.3. The van der Waals surface area contributed by atoms with Crippen molar-refractivity contribution in [3.63, 3.8) is 0 Å². The summed E-state index contributed by atoms with van der Waals surface area (Å²) in [6, 6.07) is 2.97. The number of aryl methyl sites for hydroxylation is 1. The van der Waals surface area contributed by atoms with Crippen LogP contribution in [0.3, 0.4) is 0 Å². The van der Waals surface area contributed by atoms with Gasteiger partial charge in [0, 0.05) is 10.3 Å². The van der Waals surface area contributed by atoms with Crippen molar-refractivity contribution in [1.82, 2.24) is 5.32 Å². The molecule has 0 radical (unpaired) electrons. The number of urea groups is 1. The number of rotatable bonds is 3. The van der Waals surface area contributed by atoms with Crippen LogP contribution in [0, 0.1) is 0 Å². The number of carbonyl (C=O) groups excluding carboxylic acids is 1. The van der Waals surface area contributed by atoms with Crippen molar-refractivity contribution in [3.05, 3.63) is 28.5 Å². The fraction of sp³-hybridized carbons (Fsp3) is 0.364. The monoisotopic (exact) mass is 286 g/mol. The molecule has 1 aliphatic heterocycles. The summed E-state index contributed by atoms with van der Waals surface area (Å²) in [6.45, 7) is 2.05. The van der Waals surface area contributed by atoms with Crippen LogP contribution in [-0.4, -0.2) is 26.2 Å². The van der Waals surface area contributed by atoms with Gasteiger partial charge in [-0.2, -0.15) is 0 Å². The third-order valence-electron chi connectivity index (χ3n) is 2.49. The molecule has 7 heteroatoms. The summed E-state index contributed by atoms with van der Waals surface area (Å²) in [4.78, 5) is 12.8. The maximum atomic E-state index is 11.6. The first-order chi connectivity index (χ1) is 8.48. The minimum absolute atomic E-state index is 0.0644. The van der Waals surface area contributed by atoms with Crippen LogP contribution in [0.4, 0.5) is 9.80 Å². The van der Waals surface area contributed by atoms with E-state index in [4.69, 9.17) is 0 Å². The number of hydrogen-bond donors (Lipinski definition) is 2. The smallest absolute Gasteiger partial charge is 0.320 e. The number of thiophene rings is 1. The summed E-state index contributed by atoms with van der Waals surface area (Å²) >= 11 is 1.51. The molecule has 0 aromatic carbocycles. The van der Waals surface area contributed by atoms with E-state index in [2.05, 4.69) is 10.6 Å². The second-order valence-corrected chi connectivity index (χ2v) is 7.08. The molecule has 1 aliphatic rings. The molecule has 2 amide bonds. The maximum absolute atomic E-state index is 11.6. The van der Waals surface area contributed by atoms with Crippen LogP contribution in [-0.2, 0) is 16.3 Å². The lowest BCUT2D eigenvalue weighted by molar-refractivity contribution is 0.251. The summed E-state index contributed by atoms with van der Waals surface area (Å²) in [5.41, 5.74) is 0. The topological polar surface area (TPSA) is 75.3 Å². The molecule has 0 fully saturated rings. The fourth-order valence-electron chi connectivity index (χ4n) is 1.62. The lowest BCUT2D eigenvalue weighted by Gasteiger charge is -2.10. The number of nitrogens with one attached hydrogen (secondary N) is 2. The van der Waals surface area contributed by atoms with E-state index in [1.165, 1.54) is 22.3 Å². The van der Waals surface area contributed by atoms with Crippen molar-refractivity contribution < 1.29 is 13.2 Å². The van der Waals surface area contributed by atoms with E-state index in [-0.39, 0.29) is 11.8 Å². The van der Waals surface area contributed by atoms with Crippen molar-refractivity contribution in [3.8, 4) is 0 Å². The molecule has 5 nitrogen and oxygen atoms in total. The zero-order valence-corrected chi connectivity index (χ0v) is 11.5. The summed E-state index contributed by atoms with van der Waals surface area (Å²) in [5.74, 6) is -0.0644. The van der Waals surface area contributed by atoms with Crippen LogP contribution in [0.1, 0.15) is 11.8 Å². The van der Waals surface area contributed by atoms with Crippen molar-refractivity contribution in [2.75, 3.05) is 11.1 Å². The van der Waals surface area contributed by atoms with Gasteiger partial charge in [0.1, 0.15) is 0 Å². The minimum atomic E-state index is -3.13. The number of sulfone groups is 1. The third-order valence-corrected chi connectivity index (χ3v) is 5.03. The van der Waals surface area contributed by atoms with Gasteiger partial charge in [-0.1, -0.05) is 6.92 Å². The Morgan fingerprint density at radius 3 is 2.83 bits per heavy atom. The number of carbonyl (C=O) groups is 1. The zero-order valence-electron chi connectivity index (χ0n) is 9.84. The van der Waals surface area contributed by atoms with Gasteiger partial charge in [-0.3, -0.25) is 5.32 Å². The Balaban J connectivity index is 1.88. The second-order valence-electron chi connectivity index (χ2n) is 3.98. The van der Waals surface area contributed by atoms with E-state index in [1.807, 2.05) is 19.1 Å². The van der Waals surface area contributed by atoms with Gasteiger partial charge < -0.3 is 5.32 Å². The third kappa shape index (κ3) is 3.33. The number of anilines is 1. The highest BCUT2D eigenvalue weighted by atomic mass is 32.2. The van der Waals surface area contributed by atoms with E-state index < -0.39 is 15.9 Å². The Morgan fingerprint density at radius 1 is 1.50 bits per heavy atom. The van der Waals surface area contributed by atoms with Crippen molar-refractivity contribution in [2.45, 2.75) is 19.4 Å². The van der Waals surface area contributed by atoms with Gasteiger partial charge >= 0.3 is 6.03 Å². The first-order valence-corrected chi connectivity index (χ1v) is 8.09. The molecule has 2 N–H and O–H groups in total. The van der Waals surface area contributed by atoms with Crippen LogP contribution in [0.15, 0.2) is 23.6 Å². The Bertz CT molecular complexity index is 575. The van der Waals surface area contributed by atoms with Crippen LogP contribution in [0.25, 0.3) is 0 Å². The molecule has 0 saturated heterocycles. The Kier molecular flexibility index (Phi) is 3.72. The Morgan fingerprint density at radius 2 is 2.28 bits per heavy atom. The fourth-order valence-corrected chi connectivity index (χ4v) is 3.70. The molecule has 2 heterocycles. The molecule has 0 spiro atoms. The first-order valence-electron chi connectivity index (χ1n) is 5.56. The molecule has 1 atom stereocenters. The average Bonchev–Trinajstić information content (AvgIpc) is 2.85. The van der Waals surface area contributed by atoms with Gasteiger partial charge in [-0.25, -0.2) is 13.2 Å². The summed E-state index contributed by atoms with van der Waals surface area (Å²) in [5, 5.41) is 7.19. The van der Waals surface area contributed by atoms with Crippen molar-refractivity contribution >= 4 is 32.2 Å². The van der Waals surface area contributed by atoms with E-state index in [0.29, 0.717) is 0 Å². The van der Waals surface area contributed by atoms with Gasteiger partial charge in [0.15, 0.2) is 9.84 Å². The molecular weight excluding hydrogens is 272 g/mol. The molecule has 18 heavy (non-hydrogen) atoms. The molecular formula is C11H14N2O3S2. The SMILES string of the molecule is CCc1ccc(NC(=O)N[C@@H]2C=CS(=O)(=O)C2)s1. The highest BCUT2D eigenvalue weighted by Crippen LogP contribution is 2.22. The molecule has 0 bridgehead atoms. The summed E-state index contributed by atoms with van der Waals surface area (Å²) in [6.07, 6.45) is 2.42. The van der Waals surface area contributed by atoms with Gasteiger partial charge in [0.2, 0.25) is 0 Å². The van der Waals surface area contributed by atoms with Crippen molar-refractivity contribution in [1.29, 1.82) is 0 Å². The van der Waals surface area contributed by atoms with E-state index in [0.717, 1.165) is 16.8 Å². The highest BCUT2D eigenvalue weighted by Gasteiger charge is 2.23. The molecule has 1 aromatic heterocycles. The standard InChI is InChI=1S/C11H14N2O3S2/c1-2-9-3-4-10(17-9)13-11(14)12-8-5-6-18(15,16)7-8/h3-6,8H,2,7H2,1H3,(H2,12,13,14)/t8-/m1/s1. The van der Waals surface area contributed by atoms with Crippen molar-refractivity contribution in [2.24, 2.45) is 0 Å². The Hall–Kier alpha value is -1.34. The van der Waals surface area contributed by atoms with E-state index >= 15 is 0 Å². The predicted octanol–water partition coefficient (Wildman–Crippen LogP) is 1.74. The quantitative estimate of drug-likeness (QED) is 0.888. The van der Waals surface area contributed by atoms with Crippen LogP contribution < -0.4 is 10.6 Å². The Labute approximate surface area is 110 Å². The molecule has 0 saturated carbocycles. The van der Waals surface area contributed by atoms with Gasteiger partial charge in [-0.15, -0.1) is 11.3 Å². The van der Waals surface area contributed by atoms with E-state index in [1.54, 1.807) is 0 Å². The van der Waals surface area contributed by atoms with Crippen LogP contribution in [0.2, 0.25) is 0 Å². The van der Waals surface area contributed by atoms with Gasteiger partial charge in [-0.05, 0) is 24.6 Å². The maximum Gasteiger partial charge on any atom is 0.320 e. The molecule has 1 aromatic rings. The lowest BCUT2D eigenvalue weighted by Crippen LogP contribution is -2.38. The number of hydrogen-bond acceptors (Lipinski definition) is 4. The van der Waals surface area contributed by atoms with Gasteiger partial charge in [0.25, 0.3) is 0 Å². The molecule has 98 valence electrons. The zero-order chi connectivity index (χ0) is 13.2. The number of amides is 2. The molecule has 0 unspecified atom stereocenters. The highest BCUT2D eigenvalue weighted by molar-refractivity contribution is 7.94. The average molecular weight is 286 g/mol. The van der Waals surface area contributed by atoms with Crippen LogP contribution >= 0.6 is 11.3 Å². The minimum Gasteiger partial charge on any atom is -0.331 e. The van der Waals surface area contributed by atoms with Gasteiger partial charge in [0.05, 0.1) is 16.8 Å². The van der Waals surface area contributed by atoms with Crippen LogP contribution in [0.5, 0.6) is 0 Å². The van der Waals surface area contributed by atoms with E-state index in [9.17, 15) is 13.2 Å². The largest absolute Gasteiger partial charge is 0.331 e. The first kappa shape index (κ1) is 13.1. The summed E-state index contributed by atoms with van der Waals surface area (Å²) < 4.78 is 22.3. The molecule has 0 aliphatic carbocycles. The predicted molar refractivity (Wildman–Crippen MR) is 72.6 cm³/mol. The summed E-state index contributed by atoms with van der Waals surface area (Å²) in [7, 11) is -3.13. The normalized spacial score (nSPS) is 20.8. The second kappa shape index (κ2) is 5.11.